The van der Waals surface area contributed by atoms with Gasteiger partial charge in [-0.2, -0.15) is 5.26 Å². The largest absolute Gasteiger partial charge is 0.368 e. The van der Waals surface area contributed by atoms with Crippen molar-refractivity contribution in [2.45, 2.75) is 95.4 Å². The van der Waals surface area contributed by atoms with Gasteiger partial charge in [0.05, 0.1) is 29.9 Å². The summed E-state index contributed by atoms with van der Waals surface area (Å²) in [5.41, 5.74) is 2.78. The van der Waals surface area contributed by atoms with Crippen molar-refractivity contribution in [2.75, 3.05) is 51.3 Å². The standard InChI is InChI=1S/C34H49N7O4S/c1-24-31(33(42)41-19-15-28(16-20-41)40-17-13-27(14-18-40)39(4)46(5,43)44)37-23-38-32(24)36-21-29-7-6-8-30(45-29)25-9-11-26(12-10-25)34(2,3)22-35/h9-12,23,27-30H,6-8,13-21H2,1-5H3,(H,36,37,38)/t29-,30?/m0/s1. The molecule has 250 valence electrons. The maximum absolute atomic E-state index is 13.6. The summed E-state index contributed by atoms with van der Waals surface area (Å²) in [5, 5.41) is 12.9. The van der Waals surface area contributed by atoms with Gasteiger partial charge < -0.3 is 19.9 Å². The van der Waals surface area contributed by atoms with Crippen LogP contribution in [0.2, 0.25) is 0 Å². The van der Waals surface area contributed by atoms with E-state index >= 15 is 0 Å². The molecule has 0 spiro atoms. The molecule has 46 heavy (non-hydrogen) atoms. The van der Waals surface area contributed by atoms with Crippen molar-refractivity contribution in [1.82, 2.24) is 24.1 Å². The molecular weight excluding hydrogens is 602 g/mol. The van der Waals surface area contributed by atoms with E-state index < -0.39 is 15.4 Å². The van der Waals surface area contributed by atoms with Crippen LogP contribution in [0.1, 0.15) is 92.1 Å². The molecule has 3 fully saturated rings. The zero-order valence-electron chi connectivity index (χ0n) is 27.9. The van der Waals surface area contributed by atoms with E-state index in [9.17, 15) is 18.5 Å². The van der Waals surface area contributed by atoms with E-state index in [-0.39, 0.29) is 24.2 Å². The first-order valence-electron chi connectivity index (χ1n) is 16.6. The zero-order chi connectivity index (χ0) is 33.1. The number of anilines is 1. The number of amides is 1. The summed E-state index contributed by atoms with van der Waals surface area (Å²) >= 11 is 0. The highest BCUT2D eigenvalue weighted by Gasteiger charge is 2.33. The lowest BCUT2D eigenvalue weighted by Crippen LogP contribution is -2.52. The second kappa shape index (κ2) is 14.3. The quantitative estimate of drug-likeness (QED) is 0.422. The van der Waals surface area contributed by atoms with Crippen molar-refractivity contribution >= 4 is 21.7 Å². The summed E-state index contributed by atoms with van der Waals surface area (Å²) in [7, 11) is -1.50. The van der Waals surface area contributed by atoms with Gasteiger partial charge in [-0.3, -0.25) is 4.79 Å². The molecule has 1 N–H and O–H groups in total. The van der Waals surface area contributed by atoms with Crippen molar-refractivity contribution in [3.8, 4) is 6.07 Å². The number of sulfonamides is 1. The van der Waals surface area contributed by atoms with Gasteiger partial charge in [0, 0.05) is 44.3 Å². The Morgan fingerprint density at radius 2 is 1.74 bits per heavy atom. The van der Waals surface area contributed by atoms with E-state index in [0.29, 0.717) is 37.2 Å². The fourth-order valence-corrected chi connectivity index (χ4v) is 7.75. The summed E-state index contributed by atoms with van der Waals surface area (Å²) < 4.78 is 31.9. The SMILES string of the molecule is Cc1c(NC[C@@H]2CCCC(c3ccc(C(C)(C)C#N)cc3)O2)ncnc1C(=O)N1CCC(N2CCC(N(C)S(C)(=O)=O)CC2)CC1. The average Bonchev–Trinajstić information content (AvgIpc) is 3.07. The van der Waals surface area contributed by atoms with Crippen LogP contribution in [0.15, 0.2) is 30.6 Å². The first-order valence-corrected chi connectivity index (χ1v) is 18.4. The number of piperidine rings is 2. The minimum Gasteiger partial charge on any atom is -0.368 e. The van der Waals surface area contributed by atoms with E-state index in [0.717, 1.165) is 74.7 Å². The number of nitriles is 1. The van der Waals surface area contributed by atoms with E-state index in [1.54, 1.807) is 7.05 Å². The van der Waals surface area contributed by atoms with Gasteiger partial charge in [0.25, 0.3) is 5.91 Å². The monoisotopic (exact) mass is 651 g/mol. The van der Waals surface area contributed by atoms with Gasteiger partial charge >= 0.3 is 0 Å². The Balaban J connectivity index is 1.12. The van der Waals surface area contributed by atoms with Crippen LogP contribution in [-0.2, 0) is 20.2 Å². The zero-order valence-corrected chi connectivity index (χ0v) is 28.7. The number of carbonyl (C=O) groups is 1. The normalized spacial score (nSPS) is 22.5. The van der Waals surface area contributed by atoms with Gasteiger partial charge in [-0.1, -0.05) is 24.3 Å². The molecule has 3 aliphatic rings. The Labute approximate surface area is 274 Å². The first-order chi connectivity index (χ1) is 21.9. The Morgan fingerprint density at radius 1 is 1.07 bits per heavy atom. The Morgan fingerprint density at radius 3 is 2.37 bits per heavy atom. The second-order valence-electron chi connectivity index (χ2n) is 13.7. The molecule has 0 aliphatic carbocycles. The highest BCUT2D eigenvalue weighted by molar-refractivity contribution is 7.88. The number of nitrogens with one attached hydrogen (secondary N) is 1. The molecule has 0 saturated carbocycles. The van der Waals surface area contributed by atoms with Gasteiger partial charge in [-0.25, -0.2) is 22.7 Å². The number of benzene rings is 1. The number of nitrogens with zero attached hydrogens (tertiary/aromatic N) is 6. The molecule has 4 heterocycles. The molecule has 2 aromatic rings. The lowest BCUT2D eigenvalue weighted by molar-refractivity contribution is -0.0442. The third-order valence-electron chi connectivity index (χ3n) is 10.2. The van der Waals surface area contributed by atoms with Crippen LogP contribution in [-0.4, -0.2) is 103 Å². The Kier molecular flexibility index (Phi) is 10.7. The van der Waals surface area contributed by atoms with E-state index in [1.165, 1.54) is 16.9 Å². The lowest BCUT2D eigenvalue weighted by Gasteiger charge is -2.43. The minimum atomic E-state index is -3.18. The van der Waals surface area contributed by atoms with Crippen molar-refractivity contribution in [2.24, 2.45) is 0 Å². The minimum absolute atomic E-state index is 0.00606. The molecule has 2 atom stereocenters. The van der Waals surface area contributed by atoms with Crippen LogP contribution in [0.25, 0.3) is 0 Å². The van der Waals surface area contributed by atoms with Crippen molar-refractivity contribution in [1.29, 1.82) is 5.26 Å². The van der Waals surface area contributed by atoms with Crippen LogP contribution in [0, 0.1) is 18.3 Å². The molecule has 11 nitrogen and oxygen atoms in total. The highest BCUT2D eigenvalue weighted by Crippen LogP contribution is 2.33. The topological polar surface area (TPSA) is 132 Å². The van der Waals surface area contributed by atoms with Gasteiger partial charge in [0.15, 0.2) is 0 Å². The third-order valence-corrected chi connectivity index (χ3v) is 11.6. The van der Waals surface area contributed by atoms with Gasteiger partial charge in [-0.15, -0.1) is 0 Å². The number of hydrogen-bond donors (Lipinski definition) is 1. The lowest BCUT2D eigenvalue weighted by atomic mass is 9.85. The number of carbonyl (C=O) groups excluding carboxylic acids is 1. The van der Waals surface area contributed by atoms with Crippen molar-refractivity contribution in [3.05, 3.63) is 53.0 Å². The van der Waals surface area contributed by atoms with E-state index in [1.807, 2.05) is 37.8 Å². The molecule has 1 aromatic carbocycles. The summed E-state index contributed by atoms with van der Waals surface area (Å²) in [6, 6.07) is 11.0. The highest BCUT2D eigenvalue weighted by atomic mass is 32.2. The average molecular weight is 652 g/mol. The molecule has 0 bridgehead atoms. The van der Waals surface area contributed by atoms with E-state index in [4.69, 9.17) is 4.74 Å². The summed E-state index contributed by atoms with van der Waals surface area (Å²) in [6.07, 6.45) is 9.16. The predicted octanol–water partition coefficient (Wildman–Crippen LogP) is 4.27. The van der Waals surface area contributed by atoms with Gasteiger partial charge in [0.2, 0.25) is 10.0 Å². The summed E-state index contributed by atoms with van der Waals surface area (Å²) in [5.74, 6) is 0.593. The van der Waals surface area contributed by atoms with Crippen molar-refractivity contribution in [3.63, 3.8) is 0 Å². The van der Waals surface area contributed by atoms with Crippen LogP contribution in [0.3, 0.4) is 0 Å². The molecule has 5 rings (SSSR count). The van der Waals surface area contributed by atoms with E-state index in [2.05, 4.69) is 38.4 Å². The molecule has 1 amide bonds. The maximum atomic E-state index is 13.6. The van der Waals surface area contributed by atoms with Crippen LogP contribution in [0.5, 0.6) is 0 Å². The number of rotatable bonds is 9. The summed E-state index contributed by atoms with van der Waals surface area (Å²) in [6.45, 7) is 9.43. The van der Waals surface area contributed by atoms with Crippen LogP contribution >= 0.6 is 0 Å². The van der Waals surface area contributed by atoms with Gasteiger partial charge in [0.1, 0.15) is 17.8 Å². The molecule has 3 aliphatic heterocycles. The number of aromatic nitrogens is 2. The fraction of sp³-hybridized carbons (Fsp3) is 0.647. The number of ether oxygens (including phenoxy) is 1. The summed E-state index contributed by atoms with van der Waals surface area (Å²) in [4.78, 5) is 26.8. The maximum Gasteiger partial charge on any atom is 0.272 e. The fourth-order valence-electron chi connectivity index (χ4n) is 7.00. The predicted molar refractivity (Wildman–Crippen MR) is 178 cm³/mol. The first kappa shape index (κ1) is 34.2. The molecule has 1 aromatic heterocycles. The molecule has 1 unspecified atom stereocenters. The molecule has 3 saturated heterocycles. The second-order valence-corrected chi connectivity index (χ2v) is 15.7. The van der Waals surface area contributed by atoms with Crippen LogP contribution in [0.4, 0.5) is 5.82 Å². The number of hydrogen-bond acceptors (Lipinski definition) is 9. The Bertz CT molecular complexity index is 1510. The molecular formula is C34H49N7O4S. The number of likely N-dealkylation sites (tertiary alicyclic amines) is 2. The molecule has 12 heteroatoms. The smallest absolute Gasteiger partial charge is 0.272 e. The van der Waals surface area contributed by atoms with Crippen LogP contribution < -0.4 is 5.32 Å². The third kappa shape index (κ3) is 7.88. The molecule has 0 radical (unpaired) electrons. The Hall–Kier alpha value is -3.11. The van der Waals surface area contributed by atoms with Gasteiger partial charge in [-0.05, 0) is 89.9 Å². The van der Waals surface area contributed by atoms with Crippen molar-refractivity contribution < 1.29 is 17.9 Å².